The van der Waals surface area contributed by atoms with Gasteiger partial charge in [0.05, 0.1) is 12.2 Å². The Kier molecular flexibility index (Phi) is 4.84. The molecule has 0 bridgehead atoms. The van der Waals surface area contributed by atoms with Crippen LogP contribution in [-0.2, 0) is 13.1 Å². The van der Waals surface area contributed by atoms with Crippen LogP contribution >= 0.6 is 0 Å². The minimum atomic E-state index is -0.542. The highest BCUT2D eigenvalue weighted by Crippen LogP contribution is 2.13. The minimum Gasteiger partial charge on any atom is -0.311 e. The number of rotatable bonds is 6. The van der Waals surface area contributed by atoms with Crippen molar-refractivity contribution in [1.82, 2.24) is 15.1 Å². The number of hydrogen-bond acceptors (Lipinski definition) is 2. The Morgan fingerprint density at radius 1 is 1.20 bits per heavy atom. The lowest BCUT2D eigenvalue weighted by Crippen LogP contribution is -2.19. The van der Waals surface area contributed by atoms with Gasteiger partial charge in [-0.1, -0.05) is 19.9 Å². The molecule has 20 heavy (non-hydrogen) atoms. The second kappa shape index (κ2) is 6.61. The molecule has 108 valence electrons. The van der Waals surface area contributed by atoms with Crippen molar-refractivity contribution in [2.45, 2.75) is 26.9 Å². The second-order valence-electron chi connectivity index (χ2n) is 5.23. The molecule has 0 radical (unpaired) electrons. The lowest BCUT2D eigenvalue weighted by Gasteiger charge is -2.06. The molecule has 2 aromatic rings. The zero-order valence-corrected chi connectivity index (χ0v) is 11.7. The molecular weight excluding hydrogens is 260 g/mol. The maximum absolute atomic E-state index is 13.5. The van der Waals surface area contributed by atoms with Crippen LogP contribution in [0.25, 0.3) is 0 Å². The van der Waals surface area contributed by atoms with Gasteiger partial charge in [-0.2, -0.15) is 5.10 Å². The lowest BCUT2D eigenvalue weighted by atomic mass is 10.2. The van der Waals surface area contributed by atoms with E-state index in [1.54, 1.807) is 10.9 Å². The molecule has 0 aliphatic rings. The fourth-order valence-corrected chi connectivity index (χ4v) is 1.92. The van der Waals surface area contributed by atoms with Crippen molar-refractivity contribution in [2.75, 3.05) is 6.54 Å². The van der Waals surface area contributed by atoms with E-state index >= 15 is 0 Å². The van der Waals surface area contributed by atoms with Crippen LogP contribution < -0.4 is 5.32 Å². The first-order chi connectivity index (χ1) is 9.56. The van der Waals surface area contributed by atoms with Crippen LogP contribution in [0.5, 0.6) is 0 Å². The summed E-state index contributed by atoms with van der Waals surface area (Å²) in [5.74, 6) is -0.510. The van der Waals surface area contributed by atoms with Crippen LogP contribution in [-0.4, -0.2) is 16.3 Å². The zero-order chi connectivity index (χ0) is 14.5. The summed E-state index contributed by atoms with van der Waals surface area (Å²) >= 11 is 0. The molecule has 0 fully saturated rings. The lowest BCUT2D eigenvalue weighted by molar-refractivity contribution is 0.524. The maximum atomic E-state index is 13.5. The van der Waals surface area contributed by atoms with Gasteiger partial charge in [0, 0.05) is 18.3 Å². The van der Waals surface area contributed by atoms with Gasteiger partial charge in [0.15, 0.2) is 0 Å². The number of nitrogens with one attached hydrogen (secondary N) is 1. The third-order valence-corrected chi connectivity index (χ3v) is 2.94. The van der Waals surface area contributed by atoms with E-state index in [-0.39, 0.29) is 12.1 Å². The molecule has 2 rings (SSSR count). The average molecular weight is 279 g/mol. The van der Waals surface area contributed by atoms with Crippen LogP contribution in [0.3, 0.4) is 0 Å². The molecular formula is C15H19F2N3. The normalized spacial score (nSPS) is 11.2. The zero-order valence-electron chi connectivity index (χ0n) is 11.7. The molecule has 1 heterocycles. The molecule has 0 atom stereocenters. The van der Waals surface area contributed by atoms with Crippen molar-refractivity contribution < 1.29 is 8.78 Å². The highest BCUT2D eigenvalue weighted by Gasteiger charge is 2.09. The van der Waals surface area contributed by atoms with Crippen molar-refractivity contribution in [2.24, 2.45) is 5.92 Å². The summed E-state index contributed by atoms with van der Waals surface area (Å²) in [6.07, 6.45) is 1.73. The summed E-state index contributed by atoms with van der Waals surface area (Å²) in [6, 6.07) is 5.73. The standard InChI is InChI=1S/C15H19F2N3/c1-11(2)8-18-9-12-6-7-20(19-12)10-13-14(16)4-3-5-15(13)17/h3-7,11,18H,8-10H2,1-2H3. The smallest absolute Gasteiger partial charge is 0.131 e. The highest BCUT2D eigenvalue weighted by atomic mass is 19.1. The quantitative estimate of drug-likeness (QED) is 0.881. The molecule has 1 N–H and O–H groups in total. The SMILES string of the molecule is CC(C)CNCc1ccn(Cc2c(F)cccc2F)n1. The monoisotopic (exact) mass is 279 g/mol. The van der Waals surface area contributed by atoms with E-state index in [9.17, 15) is 8.78 Å². The van der Waals surface area contributed by atoms with Gasteiger partial charge in [-0.05, 0) is 30.7 Å². The Bertz CT molecular complexity index is 544. The van der Waals surface area contributed by atoms with Gasteiger partial charge in [-0.25, -0.2) is 8.78 Å². The number of benzene rings is 1. The van der Waals surface area contributed by atoms with Crippen LogP contribution in [0.4, 0.5) is 8.78 Å². The van der Waals surface area contributed by atoms with E-state index in [4.69, 9.17) is 0 Å². The fourth-order valence-electron chi connectivity index (χ4n) is 1.92. The van der Waals surface area contributed by atoms with Gasteiger partial charge >= 0.3 is 0 Å². The molecule has 3 nitrogen and oxygen atoms in total. The highest BCUT2D eigenvalue weighted by molar-refractivity contribution is 5.20. The van der Waals surface area contributed by atoms with Crippen LogP contribution in [0.15, 0.2) is 30.5 Å². The predicted octanol–water partition coefficient (Wildman–Crippen LogP) is 2.96. The Morgan fingerprint density at radius 2 is 1.90 bits per heavy atom. The van der Waals surface area contributed by atoms with Crippen LogP contribution in [0, 0.1) is 17.6 Å². The van der Waals surface area contributed by atoms with Crippen molar-refractivity contribution in [3.05, 3.63) is 53.4 Å². The van der Waals surface area contributed by atoms with E-state index in [0.29, 0.717) is 12.5 Å². The molecule has 0 spiro atoms. The molecule has 0 unspecified atom stereocenters. The summed E-state index contributed by atoms with van der Waals surface area (Å²) in [5.41, 5.74) is 0.902. The number of hydrogen-bond donors (Lipinski definition) is 1. The van der Waals surface area contributed by atoms with Crippen molar-refractivity contribution in [3.8, 4) is 0 Å². The molecule has 0 aliphatic heterocycles. The topological polar surface area (TPSA) is 29.9 Å². The first-order valence-electron chi connectivity index (χ1n) is 6.72. The van der Waals surface area contributed by atoms with Gasteiger partial charge < -0.3 is 5.32 Å². The molecule has 0 saturated carbocycles. The second-order valence-corrected chi connectivity index (χ2v) is 5.23. The molecule has 5 heteroatoms. The summed E-state index contributed by atoms with van der Waals surface area (Å²) in [6.45, 7) is 5.93. The average Bonchev–Trinajstić information content (AvgIpc) is 2.81. The summed E-state index contributed by atoms with van der Waals surface area (Å²) < 4.78 is 28.6. The minimum absolute atomic E-state index is 0.0392. The Balaban J connectivity index is 1.99. The van der Waals surface area contributed by atoms with E-state index in [0.717, 1.165) is 12.2 Å². The Hall–Kier alpha value is -1.75. The molecule has 0 amide bonds. The van der Waals surface area contributed by atoms with Crippen LogP contribution in [0.1, 0.15) is 25.1 Å². The van der Waals surface area contributed by atoms with Gasteiger partial charge in [0.25, 0.3) is 0 Å². The molecule has 1 aromatic heterocycles. The molecule has 1 aromatic carbocycles. The maximum Gasteiger partial charge on any atom is 0.131 e. The van der Waals surface area contributed by atoms with Crippen molar-refractivity contribution in [3.63, 3.8) is 0 Å². The number of halogens is 2. The number of nitrogens with zero attached hydrogens (tertiary/aromatic N) is 2. The predicted molar refractivity (Wildman–Crippen MR) is 74.2 cm³/mol. The first-order valence-corrected chi connectivity index (χ1v) is 6.72. The third kappa shape index (κ3) is 3.87. The summed E-state index contributed by atoms with van der Waals surface area (Å²) in [4.78, 5) is 0. The molecule has 0 saturated heterocycles. The number of aromatic nitrogens is 2. The van der Waals surface area contributed by atoms with Gasteiger partial charge in [0.2, 0.25) is 0 Å². The van der Waals surface area contributed by atoms with E-state index < -0.39 is 11.6 Å². The third-order valence-electron chi connectivity index (χ3n) is 2.94. The Labute approximate surface area is 117 Å². The Morgan fingerprint density at radius 3 is 2.55 bits per heavy atom. The first kappa shape index (κ1) is 14.7. The van der Waals surface area contributed by atoms with E-state index in [2.05, 4.69) is 24.3 Å². The van der Waals surface area contributed by atoms with Crippen molar-refractivity contribution >= 4 is 0 Å². The van der Waals surface area contributed by atoms with E-state index in [1.807, 2.05) is 6.07 Å². The fraction of sp³-hybridized carbons (Fsp3) is 0.400. The summed E-state index contributed by atoms with van der Waals surface area (Å²) in [5, 5.41) is 7.58. The van der Waals surface area contributed by atoms with Crippen LogP contribution in [0.2, 0.25) is 0 Å². The molecule has 0 aliphatic carbocycles. The summed E-state index contributed by atoms with van der Waals surface area (Å²) in [7, 11) is 0. The van der Waals surface area contributed by atoms with E-state index in [1.165, 1.54) is 18.2 Å². The van der Waals surface area contributed by atoms with Gasteiger partial charge in [-0.3, -0.25) is 4.68 Å². The van der Waals surface area contributed by atoms with Crippen molar-refractivity contribution in [1.29, 1.82) is 0 Å². The largest absolute Gasteiger partial charge is 0.311 e. The van der Waals surface area contributed by atoms with Gasteiger partial charge in [0.1, 0.15) is 11.6 Å². The van der Waals surface area contributed by atoms with Gasteiger partial charge in [-0.15, -0.1) is 0 Å².